The van der Waals surface area contributed by atoms with Crippen molar-refractivity contribution in [2.45, 2.75) is 26.7 Å². The quantitative estimate of drug-likeness (QED) is 0.662. The second-order valence-electron chi connectivity index (χ2n) is 7.13. The Morgan fingerprint density at radius 3 is 2.64 bits per heavy atom. The minimum absolute atomic E-state index is 0.000999. The molecule has 0 saturated carbocycles. The maximum Gasteiger partial charge on any atom is 0.251 e. The number of benzene rings is 2. The molecule has 0 aliphatic carbocycles. The van der Waals surface area contributed by atoms with E-state index in [-0.39, 0.29) is 17.4 Å². The molecule has 0 radical (unpaired) electrons. The van der Waals surface area contributed by atoms with Crippen LogP contribution in [0.1, 0.15) is 23.6 Å². The van der Waals surface area contributed by atoms with Crippen LogP contribution < -0.4 is 15.6 Å². The SMILES string of the molecule is COc1ccc(C)c2cc(CCNC(=O)C(C)Cc3ccccc3)c(=O)[nH]c12. The van der Waals surface area contributed by atoms with Crippen LogP contribution >= 0.6 is 0 Å². The molecular formula is C23H26N2O3. The van der Waals surface area contributed by atoms with Crippen LogP contribution in [0.2, 0.25) is 0 Å². The van der Waals surface area contributed by atoms with Gasteiger partial charge in [-0.2, -0.15) is 0 Å². The van der Waals surface area contributed by atoms with E-state index in [4.69, 9.17) is 4.74 Å². The first-order chi connectivity index (χ1) is 13.5. The number of hydrogen-bond donors (Lipinski definition) is 2. The maximum atomic E-state index is 12.4. The molecule has 1 aromatic heterocycles. The number of nitrogens with one attached hydrogen (secondary N) is 2. The van der Waals surface area contributed by atoms with E-state index in [1.807, 2.05) is 62.4 Å². The molecule has 1 atom stereocenters. The number of H-pyrrole nitrogens is 1. The van der Waals surface area contributed by atoms with Crippen molar-refractivity contribution in [1.82, 2.24) is 10.3 Å². The number of aromatic amines is 1. The highest BCUT2D eigenvalue weighted by atomic mass is 16.5. The van der Waals surface area contributed by atoms with Gasteiger partial charge in [-0.1, -0.05) is 43.3 Å². The van der Waals surface area contributed by atoms with E-state index in [2.05, 4.69) is 10.3 Å². The van der Waals surface area contributed by atoms with Gasteiger partial charge in [-0.05, 0) is 43.0 Å². The Labute approximate surface area is 164 Å². The first-order valence-corrected chi connectivity index (χ1v) is 9.50. The molecule has 1 heterocycles. The lowest BCUT2D eigenvalue weighted by molar-refractivity contribution is -0.124. The van der Waals surface area contributed by atoms with Crippen LogP contribution in [0.25, 0.3) is 10.9 Å². The minimum Gasteiger partial charge on any atom is -0.495 e. The van der Waals surface area contributed by atoms with E-state index < -0.39 is 0 Å². The highest BCUT2D eigenvalue weighted by Gasteiger charge is 2.14. The molecule has 5 heteroatoms. The monoisotopic (exact) mass is 378 g/mol. The fourth-order valence-electron chi connectivity index (χ4n) is 3.36. The van der Waals surface area contributed by atoms with Gasteiger partial charge >= 0.3 is 0 Å². The normalized spacial score (nSPS) is 12.0. The number of ether oxygens (including phenoxy) is 1. The minimum atomic E-state index is -0.150. The van der Waals surface area contributed by atoms with Crippen molar-refractivity contribution in [3.63, 3.8) is 0 Å². The molecule has 1 unspecified atom stereocenters. The predicted octanol–water partition coefficient (Wildman–Crippen LogP) is 3.38. The van der Waals surface area contributed by atoms with Crippen LogP contribution in [0, 0.1) is 12.8 Å². The molecule has 0 aliphatic heterocycles. The van der Waals surface area contributed by atoms with Crippen LogP contribution in [0.4, 0.5) is 0 Å². The van der Waals surface area contributed by atoms with Crippen molar-refractivity contribution in [3.8, 4) is 5.75 Å². The molecule has 0 fully saturated rings. The standard InChI is InChI=1S/C23H26N2O3/c1-15-9-10-20(28-3)21-19(15)14-18(23(27)25-21)11-12-24-22(26)16(2)13-17-7-5-4-6-8-17/h4-10,14,16H,11-13H2,1-3H3,(H,24,26)(H,25,27). The third kappa shape index (κ3) is 4.42. The summed E-state index contributed by atoms with van der Waals surface area (Å²) < 4.78 is 5.34. The van der Waals surface area contributed by atoms with Crippen molar-refractivity contribution in [2.75, 3.05) is 13.7 Å². The number of carbonyl (C=O) groups is 1. The first kappa shape index (κ1) is 19.7. The summed E-state index contributed by atoms with van der Waals surface area (Å²) in [5.74, 6) is 0.523. The van der Waals surface area contributed by atoms with Gasteiger partial charge in [-0.25, -0.2) is 0 Å². The van der Waals surface area contributed by atoms with Crippen molar-refractivity contribution in [2.24, 2.45) is 5.92 Å². The summed E-state index contributed by atoms with van der Waals surface area (Å²) >= 11 is 0. The van der Waals surface area contributed by atoms with E-state index in [1.54, 1.807) is 7.11 Å². The molecule has 0 saturated heterocycles. The Morgan fingerprint density at radius 1 is 1.18 bits per heavy atom. The van der Waals surface area contributed by atoms with Crippen LogP contribution in [0.3, 0.4) is 0 Å². The van der Waals surface area contributed by atoms with E-state index in [9.17, 15) is 9.59 Å². The molecule has 1 amide bonds. The summed E-state index contributed by atoms with van der Waals surface area (Å²) in [4.78, 5) is 27.7. The predicted molar refractivity (Wildman–Crippen MR) is 112 cm³/mol. The Hall–Kier alpha value is -3.08. The summed E-state index contributed by atoms with van der Waals surface area (Å²) in [5.41, 5.74) is 3.41. The summed E-state index contributed by atoms with van der Waals surface area (Å²) in [6.07, 6.45) is 1.17. The van der Waals surface area contributed by atoms with E-state index in [0.29, 0.717) is 36.2 Å². The van der Waals surface area contributed by atoms with Crippen LogP contribution in [0.5, 0.6) is 5.75 Å². The summed E-state index contributed by atoms with van der Waals surface area (Å²) in [6, 6.07) is 15.7. The number of aromatic nitrogens is 1. The summed E-state index contributed by atoms with van der Waals surface area (Å²) in [7, 11) is 1.59. The zero-order valence-corrected chi connectivity index (χ0v) is 16.5. The molecule has 146 valence electrons. The number of pyridine rings is 1. The topological polar surface area (TPSA) is 71.2 Å². The molecular weight excluding hydrogens is 352 g/mol. The van der Waals surface area contributed by atoms with Gasteiger partial charge in [0, 0.05) is 23.4 Å². The van der Waals surface area contributed by atoms with Crippen molar-refractivity contribution in [1.29, 1.82) is 0 Å². The smallest absolute Gasteiger partial charge is 0.251 e. The number of methoxy groups -OCH3 is 1. The van der Waals surface area contributed by atoms with Crippen LogP contribution in [-0.4, -0.2) is 24.5 Å². The molecule has 2 N–H and O–H groups in total. The van der Waals surface area contributed by atoms with Crippen molar-refractivity contribution < 1.29 is 9.53 Å². The summed E-state index contributed by atoms with van der Waals surface area (Å²) in [6.45, 7) is 4.34. The van der Waals surface area contributed by atoms with Gasteiger partial charge < -0.3 is 15.0 Å². The third-order valence-electron chi connectivity index (χ3n) is 5.02. The number of fused-ring (bicyclic) bond motifs is 1. The molecule has 0 aliphatic rings. The van der Waals surface area contributed by atoms with Crippen molar-refractivity contribution in [3.05, 3.63) is 75.6 Å². The van der Waals surface area contributed by atoms with Gasteiger partial charge in [0.25, 0.3) is 5.56 Å². The van der Waals surface area contributed by atoms with Gasteiger partial charge in [-0.15, -0.1) is 0 Å². The van der Waals surface area contributed by atoms with Gasteiger partial charge in [0.1, 0.15) is 5.75 Å². The Bertz CT molecular complexity index is 1030. The molecule has 0 spiro atoms. The number of rotatable bonds is 7. The molecule has 28 heavy (non-hydrogen) atoms. The highest BCUT2D eigenvalue weighted by Crippen LogP contribution is 2.25. The Morgan fingerprint density at radius 2 is 1.93 bits per heavy atom. The lowest BCUT2D eigenvalue weighted by Crippen LogP contribution is -2.32. The van der Waals surface area contributed by atoms with Gasteiger partial charge in [0.15, 0.2) is 0 Å². The maximum absolute atomic E-state index is 12.4. The first-order valence-electron chi connectivity index (χ1n) is 9.50. The Kier molecular flexibility index (Phi) is 6.14. The average Bonchev–Trinajstić information content (AvgIpc) is 2.69. The molecule has 3 aromatic rings. The van der Waals surface area contributed by atoms with E-state index >= 15 is 0 Å². The van der Waals surface area contributed by atoms with Crippen LogP contribution in [-0.2, 0) is 17.6 Å². The fraction of sp³-hybridized carbons (Fsp3) is 0.304. The lowest BCUT2D eigenvalue weighted by Gasteiger charge is -2.13. The average molecular weight is 378 g/mol. The second-order valence-corrected chi connectivity index (χ2v) is 7.13. The van der Waals surface area contributed by atoms with Gasteiger partial charge in [0.2, 0.25) is 5.91 Å². The third-order valence-corrected chi connectivity index (χ3v) is 5.02. The molecule has 0 bridgehead atoms. The molecule has 2 aromatic carbocycles. The van der Waals surface area contributed by atoms with Gasteiger partial charge in [-0.3, -0.25) is 9.59 Å². The van der Waals surface area contributed by atoms with Crippen LogP contribution in [0.15, 0.2) is 53.3 Å². The molecule has 3 rings (SSSR count). The van der Waals surface area contributed by atoms with Crippen molar-refractivity contribution >= 4 is 16.8 Å². The zero-order chi connectivity index (χ0) is 20.1. The Balaban J connectivity index is 1.65. The van der Waals surface area contributed by atoms with E-state index in [0.717, 1.165) is 16.5 Å². The van der Waals surface area contributed by atoms with E-state index in [1.165, 1.54) is 0 Å². The summed E-state index contributed by atoms with van der Waals surface area (Å²) in [5, 5.41) is 3.90. The number of hydrogen-bond acceptors (Lipinski definition) is 3. The highest BCUT2D eigenvalue weighted by molar-refractivity contribution is 5.87. The fourth-order valence-corrected chi connectivity index (χ4v) is 3.36. The van der Waals surface area contributed by atoms with Gasteiger partial charge in [0.05, 0.1) is 12.6 Å². The zero-order valence-electron chi connectivity index (χ0n) is 16.5. The number of carbonyl (C=O) groups excluding carboxylic acids is 1. The largest absolute Gasteiger partial charge is 0.495 e. The second kappa shape index (κ2) is 8.74. The number of aryl methyl sites for hydroxylation is 1. The molecule has 5 nitrogen and oxygen atoms in total. The lowest BCUT2D eigenvalue weighted by atomic mass is 10.0. The number of amides is 1.